The Kier molecular flexibility index (Phi) is 5.15. The van der Waals surface area contributed by atoms with E-state index in [-0.39, 0.29) is 0 Å². The number of rotatable bonds is 7. The summed E-state index contributed by atoms with van der Waals surface area (Å²) in [5.74, 6) is 0.851. The molecule has 0 radical (unpaired) electrons. The van der Waals surface area contributed by atoms with Gasteiger partial charge in [0.1, 0.15) is 5.75 Å². The van der Waals surface area contributed by atoms with Crippen LogP contribution in [0.5, 0.6) is 5.75 Å². The summed E-state index contributed by atoms with van der Waals surface area (Å²) >= 11 is 0. The summed E-state index contributed by atoms with van der Waals surface area (Å²) in [4.78, 5) is 0. The summed E-state index contributed by atoms with van der Waals surface area (Å²) in [6.07, 6.45) is 2.04. The van der Waals surface area contributed by atoms with Gasteiger partial charge >= 0.3 is 0 Å². The Morgan fingerprint density at radius 1 is 1.20 bits per heavy atom. The zero-order valence-electron chi connectivity index (χ0n) is 12.2. The van der Waals surface area contributed by atoms with Gasteiger partial charge in [-0.05, 0) is 24.3 Å². The highest BCUT2D eigenvalue weighted by atomic mass is 16.5. The van der Waals surface area contributed by atoms with Crippen LogP contribution in [-0.4, -0.2) is 37.2 Å². The highest BCUT2D eigenvalue weighted by molar-refractivity contribution is 5.63. The van der Waals surface area contributed by atoms with Crippen LogP contribution in [0.15, 0.2) is 30.5 Å². The first-order valence-electron chi connectivity index (χ1n) is 6.61. The topological polar surface area (TPSA) is 48.3 Å². The predicted molar refractivity (Wildman–Crippen MR) is 78.8 cm³/mol. The molecule has 0 amide bonds. The number of ether oxygens (including phenoxy) is 2. The first kappa shape index (κ1) is 14.6. The fourth-order valence-corrected chi connectivity index (χ4v) is 2.06. The molecule has 2 aromatic rings. The van der Waals surface area contributed by atoms with E-state index < -0.39 is 0 Å². The van der Waals surface area contributed by atoms with Gasteiger partial charge in [0, 0.05) is 44.6 Å². The lowest BCUT2D eigenvalue weighted by atomic mass is 10.1. The molecular formula is C15H21N3O2. The number of nitrogens with one attached hydrogen (secondary N) is 1. The molecule has 1 N–H and O–H groups in total. The van der Waals surface area contributed by atoms with Gasteiger partial charge in [-0.25, -0.2) is 0 Å². The van der Waals surface area contributed by atoms with Gasteiger partial charge in [-0.15, -0.1) is 0 Å². The molecule has 0 atom stereocenters. The van der Waals surface area contributed by atoms with Gasteiger partial charge in [0.05, 0.1) is 19.4 Å². The van der Waals surface area contributed by atoms with Crippen molar-refractivity contribution in [3.05, 3.63) is 36.0 Å². The van der Waals surface area contributed by atoms with Crippen molar-refractivity contribution in [2.75, 3.05) is 27.4 Å². The molecule has 0 aliphatic carbocycles. The molecule has 0 aliphatic heterocycles. The Labute approximate surface area is 119 Å². The maximum absolute atomic E-state index is 5.18. The van der Waals surface area contributed by atoms with Gasteiger partial charge in [0.15, 0.2) is 0 Å². The van der Waals surface area contributed by atoms with E-state index in [0.29, 0.717) is 6.61 Å². The van der Waals surface area contributed by atoms with E-state index in [1.165, 1.54) is 5.56 Å². The third kappa shape index (κ3) is 3.59. The Hall–Kier alpha value is -1.85. The van der Waals surface area contributed by atoms with Crippen molar-refractivity contribution in [1.29, 1.82) is 0 Å². The number of hydrogen-bond acceptors (Lipinski definition) is 4. The summed E-state index contributed by atoms with van der Waals surface area (Å²) in [6.45, 7) is 2.31. The van der Waals surface area contributed by atoms with Crippen LogP contribution in [0.1, 0.15) is 5.56 Å². The molecule has 20 heavy (non-hydrogen) atoms. The molecule has 0 bridgehead atoms. The van der Waals surface area contributed by atoms with Gasteiger partial charge in [-0.2, -0.15) is 5.10 Å². The molecule has 5 nitrogen and oxygen atoms in total. The van der Waals surface area contributed by atoms with Crippen molar-refractivity contribution < 1.29 is 9.47 Å². The average Bonchev–Trinajstić information content (AvgIpc) is 2.85. The summed E-state index contributed by atoms with van der Waals surface area (Å²) in [5.41, 5.74) is 3.27. The van der Waals surface area contributed by atoms with Crippen molar-refractivity contribution in [2.45, 2.75) is 6.54 Å². The molecule has 0 aliphatic rings. The monoisotopic (exact) mass is 275 g/mol. The van der Waals surface area contributed by atoms with Crippen LogP contribution < -0.4 is 10.1 Å². The van der Waals surface area contributed by atoms with E-state index in [0.717, 1.165) is 30.1 Å². The van der Waals surface area contributed by atoms with Gasteiger partial charge in [0.25, 0.3) is 0 Å². The maximum atomic E-state index is 5.18. The maximum Gasteiger partial charge on any atom is 0.118 e. The third-order valence-electron chi connectivity index (χ3n) is 3.07. The minimum Gasteiger partial charge on any atom is -0.497 e. The lowest BCUT2D eigenvalue weighted by molar-refractivity contribution is 0.199. The Morgan fingerprint density at radius 2 is 1.95 bits per heavy atom. The number of methoxy groups -OCH3 is 2. The smallest absolute Gasteiger partial charge is 0.118 e. The summed E-state index contributed by atoms with van der Waals surface area (Å²) < 4.78 is 12.0. The molecule has 1 heterocycles. The molecule has 0 saturated carbocycles. The normalized spacial score (nSPS) is 10.8. The number of nitrogens with zero attached hydrogens (tertiary/aromatic N) is 2. The lowest BCUT2D eigenvalue weighted by Gasteiger charge is -2.05. The Balaban J connectivity index is 2.13. The second kappa shape index (κ2) is 7.07. The average molecular weight is 275 g/mol. The number of aryl methyl sites for hydroxylation is 1. The quantitative estimate of drug-likeness (QED) is 0.783. The predicted octanol–water partition coefficient (Wildman–Crippen LogP) is 1.83. The number of hydrogen-bond donors (Lipinski definition) is 1. The van der Waals surface area contributed by atoms with Crippen LogP contribution in [0.4, 0.5) is 0 Å². The van der Waals surface area contributed by atoms with Gasteiger partial charge < -0.3 is 14.8 Å². The van der Waals surface area contributed by atoms with Crippen LogP contribution in [0.2, 0.25) is 0 Å². The zero-order chi connectivity index (χ0) is 14.4. The zero-order valence-corrected chi connectivity index (χ0v) is 12.2. The largest absolute Gasteiger partial charge is 0.497 e. The summed E-state index contributed by atoms with van der Waals surface area (Å²) in [6, 6.07) is 7.96. The molecule has 0 saturated heterocycles. The van der Waals surface area contributed by atoms with E-state index in [2.05, 4.69) is 10.4 Å². The van der Waals surface area contributed by atoms with Crippen molar-refractivity contribution in [1.82, 2.24) is 15.1 Å². The molecule has 5 heteroatoms. The molecular weight excluding hydrogens is 254 g/mol. The minimum atomic E-state index is 0.706. The molecule has 1 aromatic heterocycles. The molecule has 0 unspecified atom stereocenters. The summed E-state index contributed by atoms with van der Waals surface area (Å²) in [5, 5.41) is 7.89. The van der Waals surface area contributed by atoms with Crippen LogP contribution in [-0.2, 0) is 18.3 Å². The van der Waals surface area contributed by atoms with E-state index in [9.17, 15) is 0 Å². The van der Waals surface area contributed by atoms with Gasteiger partial charge in [-0.1, -0.05) is 0 Å². The third-order valence-corrected chi connectivity index (χ3v) is 3.07. The lowest BCUT2D eigenvalue weighted by Crippen LogP contribution is -2.18. The van der Waals surface area contributed by atoms with E-state index >= 15 is 0 Å². The molecule has 1 aromatic carbocycles. The Bertz CT molecular complexity index is 535. The van der Waals surface area contributed by atoms with Crippen molar-refractivity contribution >= 4 is 0 Å². The van der Waals surface area contributed by atoms with E-state index in [1.54, 1.807) is 14.2 Å². The van der Waals surface area contributed by atoms with Gasteiger partial charge in [-0.3, -0.25) is 4.68 Å². The van der Waals surface area contributed by atoms with Gasteiger partial charge in [0.2, 0.25) is 0 Å². The highest BCUT2D eigenvalue weighted by Gasteiger charge is 2.09. The van der Waals surface area contributed by atoms with Crippen LogP contribution >= 0.6 is 0 Å². The standard InChI is InChI=1S/C15H21N3O2/c1-18-11-13(10-16-8-9-19-2)15(17-18)12-4-6-14(20-3)7-5-12/h4-7,11,16H,8-10H2,1-3H3. The molecule has 2 rings (SSSR count). The summed E-state index contributed by atoms with van der Waals surface area (Å²) in [7, 11) is 5.31. The molecule has 108 valence electrons. The second-order valence-corrected chi connectivity index (χ2v) is 4.57. The highest BCUT2D eigenvalue weighted by Crippen LogP contribution is 2.24. The minimum absolute atomic E-state index is 0.706. The fourth-order valence-electron chi connectivity index (χ4n) is 2.06. The Morgan fingerprint density at radius 3 is 2.60 bits per heavy atom. The van der Waals surface area contributed by atoms with Crippen LogP contribution in [0.3, 0.4) is 0 Å². The number of benzene rings is 1. The fraction of sp³-hybridized carbons (Fsp3) is 0.400. The van der Waals surface area contributed by atoms with E-state index in [1.807, 2.05) is 42.2 Å². The van der Waals surface area contributed by atoms with Crippen LogP contribution in [0, 0.1) is 0 Å². The molecule has 0 fully saturated rings. The van der Waals surface area contributed by atoms with Crippen molar-refractivity contribution in [2.24, 2.45) is 7.05 Å². The van der Waals surface area contributed by atoms with Crippen LogP contribution in [0.25, 0.3) is 11.3 Å². The SMILES string of the molecule is COCCNCc1cn(C)nc1-c1ccc(OC)cc1. The first-order valence-corrected chi connectivity index (χ1v) is 6.61. The second-order valence-electron chi connectivity index (χ2n) is 4.57. The van der Waals surface area contributed by atoms with Crippen molar-refractivity contribution in [3.63, 3.8) is 0 Å². The van der Waals surface area contributed by atoms with E-state index in [4.69, 9.17) is 9.47 Å². The number of aromatic nitrogens is 2. The first-order chi connectivity index (χ1) is 9.74. The van der Waals surface area contributed by atoms with Crippen molar-refractivity contribution in [3.8, 4) is 17.0 Å². The molecule has 0 spiro atoms.